The van der Waals surface area contributed by atoms with Gasteiger partial charge in [0.25, 0.3) is 0 Å². The molecule has 0 spiro atoms. The molecule has 1 saturated heterocycles. The van der Waals surface area contributed by atoms with Gasteiger partial charge in [0.15, 0.2) is 11.5 Å². The Morgan fingerprint density at radius 1 is 0.760 bits per heavy atom. The van der Waals surface area contributed by atoms with Gasteiger partial charge in [0.1, 0.15) is 0 Å². The van der Waals surface area contributed by atoms with Crippen LogP contribution in [0.2, 0.25) is 0 Å². The maximum absolute atomic E-state index is 5.39. The summed E-state index contributed by atoms with van der Waals surface area (Å²) >= 11 is 0. The Hall–Kier alpha value is -2.04. The SMILES string of the molecule is COc1ccc(CCN2CCN(Cc3ccccc3)CC2)cc1OC. The van der Waals surface area contributed by atoms with Crippen LogP contribution in [0.15, 0.2) is 48.5 Å². The fourth-order valence-corrected chi connectivity index (χ4v) is 3.34. The van der Waals surface area contributed by atoms with Crippen molar-refractivity contribution in [1.82, 2.24) is 9.80 Å². The zero-order chi connectivity index (χ0) is 17.5. The Labute approximate surface area is 151 Å². The van der Waals surface area contributed by atoms with Crippen LogP contribution in [0.5, 0.6) is 11.5 Å². The third-order valence-corrected chi connectivity index (χ3v) is 4.88. The van der Waals surface area contributed by atoms with Crippen LogP contribution in [0.1, 0.15) is 11.1 Å². The van der Waals surface area contributed by atoms with E-state index >= 15 is 0 Å². The van der Waals surface area contributed by atoms with E-state index in [0.717, 1.165) is 57.2 Å². The van der Waals surface area contributed by atoms with Crippen LogP contribution in [0.25, 0.3) is 0 Å². The Morgan fingerprint density at radius 2 is 1.44 bits per heavy atom. The molecule has 1 aliphatic rings. The second-order valence-corrected chi connectivity index (χ2v) is 6.54. The summed E-state index contributed by atoms with van der Waals surface area (Å²) in [7, 11) is 3.36. The van der Waals surface area contributed by atoms with Crippen molar-refractivity contribution in [3.8, 4) is 11.5 Å². The molecule has 0 N–H and O–H groups in total. The van der Waals surface area contributed by atoms with Crippen molar-refractivity contribution in [3.63, 3.8) is 0 Å². The highest BCUT2D eigenvalue weighted by Crippen LogP contribution is 2.27. The van der Waals surface area contributed by atoms with E-state index in [2.05, 4.69) is 52.3 Å². The quantitative estimate of drug-likeness (QED) is 0.773. The van der Waals surface area contributed by atoms with Gasteiger partial charge in [-0.1, -0.05) is 36.4 Å². The van der Waals surface area contributed by atoms with E-state index in [1.165, 1.54) is 11.1 Å². The second-order valence-electron chi connectivity index (χ2n) is 6.54. The summed E-state index contributed by atoms with van der Waals surface area (Å²) in [6.07, 6.45) is 1.04. The number of ether oxygens (including phenoxy) is 2. The van der Waals surface area contributed by atoms with Crippen molar-refractivity contribution < 1.29 is 9.47 Å². The molecule has 25 heavy (non-hydrogen) atoms. The van der Waals surface area contributed by atoms with Gasteiger partial charge in [0, 0.05) is 39.3 Å². The molecular formula is C21H28N2O2. The van der Waals surface area contributed by atoms with Crippen LogP contribution in [-0.4, -0.2) is 56.7 Å². The minimum absolute atomic E-state index is 0.792. The zero-order valence-corrected chi connectivity index (χ0v) is 15.3. The van der Waals surface area contributed by atoms with Crippen LogP contribution >= 0.6 is 0 Å². The Bertz CT molecular complexity index is 652. The monoisotopic (exact) mass is 340 g/mol. The number of rotatable bonds is 7. The maximum atomic E-state index is 5.39. The highest BCUT2D eigenvalue weighted by Gasteiger charge is 2.16. The first kappa shape index (κ1) is 17.8. The third kappa shape index (κ3) is 4.97. The predicted molar refractivity (Wildman–Crippen MR) is 101 cm³/mol. The Morgan fingerprint density at radius 3 is 2.12 bits per heavy atom. The van der Waals surface area contributed by atoms with Gasteiger partial charge < -0.3 is 14.4 Å². The summed E-state index contributed by atoms with van der Waals surface area (Å²) in [6.45, 7) is 6.71. The molecule has 0 aromatic heterocycles. The van der Waals surface area contributed by atoms with E-state index in [1.807, 2.05) is 6.07 Å². The van der Waals surface area contributed by atoms with E-state index in [1.54, 1.807) is 14.2 Å². The van der Waals surface area contributed by atoms with Crippen LogP contribution in [0.3, 0.4) is 0 Å². The topological polar surface area (TPSA) is 24.9 Å². The second kappa shape index (κ2) is 8.88. The van der Waals surface area contributed by atoms with Gasteiger partial charge in [-0.05, 0) is 29.7 Å². The third-order valence-electron chi connectivity index (χ3n) is 4.88. The van der Waals surface area contributed by atoms with Gasteiger partial charge in [-0.15, -0.1) is 0 Å². The van der Waals surface area contributed by atoms with Gasteiger partial charge in [-0.3, -0.25) is 4.90 Å². The molecule has 0 aliphatic carbocycles. The summed E-state index contributed by atoms with van der Waals surface area (Å²) in [4.78, 5) is 5.10. The Balaban J connectivity index is 1.45. The number of methoxy groups -OCH3 is 2. The summed E-state index contributed by atoms with van der Waals surface area (Å²) in [5.41, 5.74) is 2.70. The van der Waals surface area contributed by atoms with Gasteiger partial charge in [-0.25, -0.2) is 0 Å². The molecule has 3 rings (SSSR count). The van der Waals surface area contributed by atoms with Crippen molar-refractivity contribution in [2.24, 2.45) is 0 Å². The lowest BCUT2D eigenvalue weighted by Crippen LogP contribution is -2.46. The van der Waals surface area contributed by atoms with E-state index in [-0.39, 0.29) is 0 Å². The number of nitrogens with zero attached hydrogens (tertiary/aromatic N) is 2. The van der Waals surface area contributed by atoms with Crippen molar-refractivity contribution in [2.45, 2.75) is 13.0 Å². The van der Waals surface area contributed by atoms with Crippen molar-refractivity contribution in [1.29, 1.82) is 0 Å². The zero-order valence-electron chi connectivity index (χ0n) is 15.3. The average molecular weight is 340 g/mol. The van der Waals surface area contributed by atoms with Gasteiger partial charge in [-0.2, -0.15) is 0 Å². The van der Waals surface area contributed by atoms with Gasteiger partial charge in [0.05, 0.1) is 14.2 Å². The molecule has 0 unspecified atom stereocenters. The first-order valence-corrected chi connectivity index (χ1v) is 8.98. The molecule has 134 valence electrons. The number of benzene rings is 2. The molecule has 0 saturated carbocycles. The molecule has 0 amide bonds. The minimum Gasteiger partial charge on any atom is -0.493 e. The van der Waals surface area contributed by atoms with E-state index in [9.17, 15) is 0 Å². The molecule has 1 fully saturated rings. The smallest absolute Gasteiger partial charge is 0.160 e. The van der Waals surface area contributed by atoms with Crippen LogP contribution < -0.4 is 9.47 Å². The van der Waals surface area contributed by atoms with Crippen molar-refractivity contribution in [3.05, 3.63) is 59.7 Å². The number of piperazine rings is 1. The predicted octanol–water partition coefficient (Wildman–Crippen LogP) is 3.06. The van der Waals surface area contributed by atoms with E-state index < -0.39 is 0 Å². The molecule has 0 radical (unpaired) electrons. The van der Waals surface area contributed by atoms with Gasteiger partial charge >= 0.3 is 0 Å². The Kier molecular flexibility index (Phi) is 6.31. The molecule has 4 nitrogen and oxygen atoms in total. The number of hydrogen-bond acceptors (Lipinski definition) is 4. The van der Waals surface area contributed by atoms with Crippen LogP contribution in [0, 0.1) is 0 Å². The van der Waals surface area contributed by atoms with Gasteiger partial charge in [0.2, 0.25) is 0 Å². The molecule has 0 bridgehead atoms. The first-order chi connectivity index (χ1) is 12.3. The fraction of sp³-hybridized carbons (Fsp3) is 0.429. The summed E-state index contributed by atoms with van der Waals surface area (Å²) < 4.78 is 10.7. The summed E-state index contributed by atoms with van der Waals surface area (Å²) in [5, 5.41) is 0. The van der Waals surface area contributed by atoms with E-state index in [4.69, 9.17) is 9.47 Å². The van der Waals surface area contributed by atoms with Crippen LogP contribution in [0.4, 0.5) is 0 Å². The summed E-state index contributed by atoms with van der Waals surface area (Å²) in [5.74, 6) is 1.61. The fourth-order valence-electron chi connectivity index (χ4n) is 3.34. The standard InChI is InChI=1S/C21H28N2O2/c1-24-20-9-8-18(16-21(20)25-2)10-11-22-12-14-23(15-13-22)17-19-6-4-3-5-7-19/h3-9,16H,10-15,17H2,1-2H3. The lowest BCUT2D eigenvalue weighted by Gasteiger charge is -2.34. The number of hydrogen-bond donors (Lipinski definition) is 0. The maximum Gasteiger partial charge on any atom is 0.160 e. The molecule has 2 aromatic carbocycles. The first-order valence-electron chi connectivity index (χ1n) is 8.98. The average Bonchev–Trinajstić information content (AvgIpc) is 2.68. The van der Waals surface area contributed by atoms with Crippen molar-refractivity contribution in [2.75, 3.05) is 46.9 Å². The van der Waals surface area contributed by atoms with E-state index in [0.29, 0.717) is 0 Å². The van der Waals surface area contributed by atoms with Crippen LogP contribution in [-0.2, 0) is 13.0 Å². The molecular weight excluding hydrogens is 312 g/mol. The largest absolute Gasteiger partial charge is 0.493 e. The lowest BCUT2D eigenvalue weighted by atomic mass is 10.1. The highest BCUT2D eigenvalue weighted by molar-refractivity contribution is 5.42. The molecule has 4 heteroatoms. The normalized spacial score (nSPS) is 15.9. The molecule has 1 heterocycles. The summed E-state index contributed by atoms with van der Waals surface area (Å²) in [6, 6.07) is 17.0. The minimum atomic E-state index is 0.792. The molecule has 1 aliphatic heterocycles. The molecule has 0 atom stereocenters. The highest BCUT2D eigenvalue weighted by atomic mass is 16.5. The lowest BCUT2D eigenvalue weighted by molar-refractivity contribution is 0.128. The molecule has 2 aromatic rings. The van der Waals surface area contributed by atoms with Crippen molar-refractivity contribution >= 4 is 0 Å².